The van der Waals surface area contributed by atoms with E-state index in [4.69, 9.17) is 15.6 Å². The van der Waals surface area contributed by atoms with Crippen molar-refractivity contribution in [3.8, 4) is 11.3 Å². The second-order valence-electron chi connectivity index (χ2n) is 7.67. The molecular formula is C21H25N3O2. The lowest BCUT2D eigenvalue weighted by Crippen LogP contribution is -2.40. The third-order valence-corrected chi connectivity index (χ3v) is 6.08. The molecular weight excluding hydrogens is 326 g/mol. The number of Topliss-reactive ketones (excluding diaryl/α,β-unsaturated/α-hetero) is 1. The van der Waals surface area contributed by atoms with Crippen LogP contribution in [-0.4, -0.2) is 35.5 Å². The van der Waals surface area contributed by atoms with Crippen molar-refractivity contribution in [3.63, 3.8) is 0 Å². The zero-order valence-electron chi connectivity index (χ0n) is 15.1. The van der Waals surface area contributed by atoms with Crippen LogP contribution in [0.15, 0.2) is 41.0 Å². The monoisotopic (exact) mass is 351 g/mol. The van der Waals surface area contributed by atoms with Crippen LogP contribution >= 0.6 is 0 Å². The van der Waals surface area contributed by atoms with Gasteiger partial charge in [0.1, 0.15) is 11.5 Å². The maximum absolute atomic E-state index is 12.7. The van der Waals surface area contributed by atoms with E-state index < -0.39 is 0 Å². The molecule has 3 heterocycles. The molecule has 0 amide bonds. The highest BCUT2D eigenvalue weighted by molar-refractivity contribution is 6.46. The number of carbonyl (C=O) groups excluding carboxylic acids is 1. The zero-order valence-corrected chi connectivity index (χ0v) is 15.1. The van der Waals surface area contributed by atoms with Gasteiger partial charge in [0.15, 0.2) is 5.78 Å². The minimum absolute atomic E-state index is 0.0276. The lowest BCUT2D eigenvalue weighted by molar-refractivity contribution is -0.114. The molecule has 4 rings (SSSR count). The first kappa shape index (κ1) is 17.0. The van der Waals surface area contributed by atoms with Gasteiger partial charge in [0.2, 0.25) is 0 Å². The maximum Gasteiger partial charge on any atom is 0.181 e. The minimum atomic E-state index is -0.101. The molecule has 136 valence electrons. The average molecular weight is 351 g/mol. The molecule has 2 aromatic rings. The Balaban J connectivity index is 1.45. The van der Waals surface area contributed by atoms with Crippen molar-refractivity contribution in [1.82, 2.24) is 4.90 Å². The summed E-state index contributed by atoms with van der Waals surface area (Å²) in [6, 6.07) is 10.3. The van der Waals surface area contributed by atoms with Crippen LogP contribution in [0.25, 0.3) is 11.3 Å². The van der Waals surface area contributed by atoms with Gasteiger partial charge in [-0.05, 0) is 62.9 Å². The Morgan fingerprint density at radius 1 is 1.27 bits per heavy atom. The Hall–Kier alpha value is -2.40. The fraction of sp³-hybridized carbons (Fsp3) is 0.429. The summed E-state index contributed by atoms with van der Waals surface area (Å²) in [6.07, 6.45) is 6.69. The smallest absolute Gasteiger partial charge is 0.181 e. The number of ketones is 1. The van der Waals surface area contributed by atoms with Gasteiger partial charge in [-0.1, -0.05) is 6.07 Å². The number of rotatable bonds is 5. The van der Waals surface area contributed by atoms with E-state index in [0.717, 1.165) is 24.2 Å². The van der Waals surface area contributed by atoms with E-state index in [0.29, 0.717) is 35.7 Å². The Morgan fingerprint density at radius 2 is 2.00 bits per heavy atom. The van der Waals surface area contributed by atoms with Crippen LogP contribution in [0.1, 0.15) is 37.7 Å². The normalized spacial score (nSPS) is 25.3. The van der Waals surface area contributed by atoms with Gasteiger partial charge in [0.25, 0.3) is 0 Å². The van der Waals surface area contributed by atoms with Gasteiger partial charge in [0, 0.05) is 35.3 Å². The molecule has 2 fully saturated rings. The summed E-state index contributed by atoms with van der Waals surface area (Å²) in [6.45, 7) is 0. The van der Waals surface area contributed by atoms with E-state index in [2.05, 4.69) is 11.9 Å². The first-order valence-corrected chi connectivity index (χ1v) is 9.30. The van der Waals surface area contributed by atoms with Crippen LogP contribution in [-0.2, 0) is 4.79 Å². The van der Waals surface area contributed by atoms with Gasteiger partial charge in [-0.3, -0.25) is 10.2 Å². The molecule has 0 radical (unpaired) electrons. The number of nitrogens with one attached hydrogen (secondary N) is 1. The molecule has 5 heteroatoms. The third-order valence-electron chi connectivity index (χ3n) is 6.08. The quantitative estimate of drug-likeness (QED) is 0.635. The number of nitrogens with two attached hydrogens (primary N) is 1. The molecule has 2 atom stereocenters. The minimum Gasteiger partial charge on any atom is -0.464 e. The fourth-order valence-corrected chi connectivity index (χ4v) is 4.59. The van der Waals surface area contributed by atoms with E-state index >= 15 is 0 Å². The number of furan rings is 1. The maximum atomic E-state index is 12.7. The third kappa shape index (κ3) is 3.07. The summed E-state index contributed by atoms with van der Waals surface area (Å²) < 4.78 is 5.38. The van der Waals surface area contributed by atoms with Crippen LogP contribution in [0, 0.1) is 11.3 Å². The van der Waals surface area contributed by atoms with Crippen molar-refractivity contribution in [1.29, 1.82) is 5.41 Å². The van der Waals surface area contributed by atoms with Gasteiger partial charge in [-0.25, -0.2) is 0 Å². The van der Waals surface area contributed by atoms with Gasteiger partial charge >= 0.3 is 0 Å². The zero-order chi connectivity index (χ0) is 18.3. The molecule has 0 saturated carbocycles. The molecule has 2 saturated heterocycles. The Morgan fingerprint density at radius 3 is 2.62 bits per heavy atom. The molecule has 2 bridgehead atoms. The van der Waals surface area contributed by atoms with Crippen LogP contribution in [0.4, 0.5) is 5.69 Å². The first-order valence-electron chi connectivity index (χ1n) is 9.30. The number of hydrogen-bond donors (Lipinski definition) is 2. The van der Waals surface area contributed by atoms with Crippen LogP contribution in [0.5, 0.6) is 0 Å². The highest BCUT2D eigenvalue weighted by atomic mass is 16.3. The fourth-order valence-electron chi connectivity index (χ4n) is 4.59. The molecule has 2 unspecified atom stereocenters. The predicted octanol–water partition coefficient (Wildman–Crippen LogP) is 3.73. The molecule has 5 nitrogen and oxygen atoms in total. The SMILES string of the molecule is CN1C2CCC1CC(CC(=O)C(=N)c1ccc(-c3ccco3)cc1N)C2. The Kier molecular flexibility index (Phi) is 4.41. The highest BCUT2D eigenvalue weighted by Crippen LogP contribution is 2.39. The van der Waals surface area contributed by atoms with E-state index in [1.54, 1.807) is 18.4 Å². The van der Waals surface area contributed by atoms with Crippen molar-refractivity contribution in [2.75, 3.05) is 12.8 Å². The van der Waals surface area contributed by atoms with Crippen LogP contribution < -0.4 is 5.73 Å². The van der Waals surface area contributed by atoms with Gasteiger partial charge in [-0.15, -0.1) is 0 Å². The Labute approximate surface area is 153 Å². The summed E-state index contributed by atoms with van der Waals surface area (Å²) >= 11 is 0. The van der Waals surface area contributed by atoms with Crippen molar-refractivity contribution >= 4 is 17.2 Å². The van der Waals surface area contributed by atoms with Gasteiger partial charge < -0.3 is 15.1 Å². The summed E-state index contributed by atoms with van der Waals surface area (Å²) in [5.41, 5.74) is 7.97. The molecule has 26 heavy (non-hydrogen) atoms. The van der Waals surface area contributed by atoms with Crippen molar-refractivity contribution in [3.05, 3.63) is 42.2 Å². The summed E-state index contributed by atoms with van der Waals surface area (Å²) in [4.78, 5) is 15.2. The lowest BCUT2D eigenvalue weighted by Gasteiger charge is -2.36. The number of piperidine rings is 1. The molecule has 1 aromatic carbocycles. The second kappa shape index (κ2) is 6.72. The lowest BCUT2D eigenvalue weighted by atomic mass is 9.85. The van der Waals surface area contributed by atoms with Gasteiger partial charge in [0.05, 0.1) is 6.26 Å². The first-order chi connectivity index (χ1) is 12.5. The largest absolute Gasteiger partial charge is 0.464 e. The summed E-state index contributed by atoms with van der Waals surface area (Å²) in [5, 5.41) is 8.33. The predicted molar refractivity (Wildman–Crippen MR) is 102 cm³/mol. The molecule has 0 spiro atoms. The van der Waals surface area contributed by atoms with Crippen molar-refractivity contribution in [2.24, 2.45) is 5.92 Å². The number of hydrogen-bond acceptors (Lipinski definition) is 5. The molecule has 0 aliphatic carbocycles. The second-order valence-corrected chi connectivity index (χ2v) is 7.67. The van der Waals surface area contributed by atoms with Gasteiger partial charge in [-0.2, -0.15) is 0 Å². The molecule has 3 N–H and O–H groups in total. The number of carbonyl (C=O) groups is 1. The van der Waals surface area contributed by atoms with Crippen LogP contribution in [0.2, 0.25) is 0 Å². The van der Waals surface area contributed by atoms with Crippen molar-refractivity contribution < 1.29 is 9.21 Å². The number of nitrogens with zero attached hydrogens (tertiary/aromatic N) is 1. The summed E-state index contributed by atoms with van der Waals surface area (Å²) in [5.74, 6) is 1.01. The number of fused-ring (bicyclic) bond motifs is 2. The average Bonchev–Trinajstić information content (AvgIpc) is 3.21. The molecule has 1 aromatic heterocycles. The van der Waals surface area contributed by atoms with E-state index in [1.807, 2.05) is 18.2 Å². The molecule has 2 aliphatic rings. The number of anilines is 1. The van der Waals surface area contributed by atoms with Crippen molar-refractivity contribution in [2.45, 2.75) is 44.2 Å². The highest BCUT2D eigenvalue weighted by Gasteiger charge is 2.39. The standard InChI is InChI=1S/C21H25N3O2/c1-24-15-5-6-16(24)10-13(9-15)11-19(25)21(23)17-7-4-14(12-18(17)22)20-3-2-8-26-20/h2-4,7-8,12-13,15-16,23H,5-6,9-11,22H2,1H3. The summed E-state index contributed by atoms with van der Waals surface area (Å²) in [7, 11) is 2.20. The Bertz CT molecular complexity index is 814. The topological polar surface area (TPSA) is 83.3 Å². The number of nitrogen functional groups attached to an aromatic ring is 1. The van der Waals surface area contributed by atoms with Crippen LogP contribution in [0.3, 0.4) is 0 Å². The van der Waals surface area contributed by atoms with E-state index in [1.165, 1.54) is 12.8 Å². The van der Waals surface area contributed by atoms with E-state index in [-0.39, 0.29) is 11.5 Å². The van der Waals surface area contributed by atoms with E-state index in [9.17, 15) is 4.79 Å². The number of benzene rings is 1. The molecule has 2 aliphatic heterocycles.